The minimum atomic E-state index is -0.345. The van der Waals surface area contributed by atoms with E-state index in [1.54, 1.807) is 25.3 Å². The lowest BCUT2D eigenvalue weighted by Gasteiger charge is -2.06. The van der Waals surface area contributed by atoms with Crippen LogP contribution in [0.15, 0.2) is 52.5 Å². The number of aromatic nitrogens is 1. The van der Waals surface area contributed by atoms with Gasteiger partial charge in [0.05, 0.1) is 12.2 Å². The van der Waals surface area contributed by atoms with Gasteiger partial charge in [-0.2, -0.15) is 0 Å². The van der Waals surface area contributed by atoms with Gasteiger partial charge in [-0.3, -0.25) is 0 Å². The smallest absolute Gasteiger partial charge is 0.338 e. The zero-order valence-electron chi connectivity index (χ0n) is 11.9. The molecule has 0 aliphatic carbocycles. The molecule has 1 aromatic heterocycles. The average Bonchev–Trinajstić information content (AvgIpc) is 2.49. The number of hydrogen-bond acceptors (Lipinski definition) is 5. The van der Waals surface area contributed by atoms with Crippen LogP contribution in [0.3, 0.4) is 0 Å². The molecular formula is C15H15N3O2S2. The van der Waals surface area contributed by atoms with Gasteiger partial charge in [-0.1, -0.05) is 11.8 Å². The molecule has 2 rings (SSSR count). The van der Waals surface area contributed by atoms with Crippen molar-refractivity contribution in [2.45, 2.75) is 16.8 Å². The Hall–Kier alpha value is -2.12. The second kappa shape index (κ2) is 7.77. The van der Waals surface area contributed by atoms with Gasteiger partial charge < -0.3 is 15.8 Å². The summed E-state index contributed by atoms with van der Waals surface area (Å²) in [6, 6.07) is 10.9. The lowest BCUT2D eigenvalue weighted by molar-refractivity contribution is 0.0526. The first-order valence-electron chi connectivity index (χ1n) is 6.56. The molecule has 7 heteroatoms. The van der Waals surface area contributed by atoms with E-state index in [9.17, 15) is 4.79 Å². The molecule has 0 radical (unpaired) electrons. The number of nitrogens with one attached hydrogen (secondary N) is 1. The van der Waals surface area contributed by atoms with Crippen LogP contribution in [0, 0.1) is 0 Å². The predicted molar refractivity (Wildman–Crippen MR) is 91.2 cm³/mol. The molecule has 22 heavy (non-hydrogen) atoms. The van der Waals surface area contributed by atoms with Crippen molar-refractivity contribution in [3.05, 3.63) is 48.2 Å². The monoisotopic (exact) mass is 333 g/mol. The maximum Gasteiger partial charge on any atom is 0.338 e. The molecule has 1 heterocycles. The Balaban J connectivity index is 2.08. The second-order valence-corrected chi connectivity index (χ2v) is 5.75. The number of carbonyl (C=O) groups is 1. The molecule has 0 saturated heterocycles. The molecular weight excluding hydrogens is 318 g/mol. The van der Waals surface area contributed by atoms with Gasteiger partial charge in [-0.15, -0.1) is 0 Å². The Morgan fingerprint density at radius 2 is 2.09 bits per heavy atom. The van der Waals surface area contributed by atoms with Gasteiger partial charge in [0.15, 0.2) is 5.11 Å². The summed E-state index contributed by atoms with van der Waals surface area (Å²) >= 11 is 6.24. The van der Waals surface area contributed by atoms with Crippen LogP contribution in [-0.2, 0) is 4.74 Å². The van der Waals surface area contributed by atoms with Gasteiger partial charge in [-0.05, 0) is 55.5 Å². The maximum absolute atomic E-state index is 11.7. The van der Waals surface area contributed by atoms with E-state index >= 15 is 0 Å². The van der Waals surface area contributed by atoms with Crippen LogP contribution >= 0.6 is 24.0 Å². The standard InChI is InChI=1S/C15H15N3O2S2/c1-2-20-14(19)10-7-8-17-13(9-10)22-12-5-3-11(4-6-12)18-15(16)21/h3-9H,2H2,1H3,(H3,16,18,21). The zero-order chi connectivity index (χ0) is 15.9. The summed E-state index contributed by atoms with van der Waals surface area (Å²) in [5.41, 5.74) is 6.73. The van der Waals surface area contributed by atoms with Crippen LogP contribution in [0.4, 0.5) is 5.69 Å². The molecule has 2 aromatic rings. The number of pyridine rings is 1. The van der Waals surface area contributed by atoms with Gasteiger partial charge in [-0.25, -0.2) is 9.78 Å². The van der Waals surface area contributed by atoms with E-state index in [1.165, 1.54) is 11.8 Å². The summed E-state index contributed by atoms with van der Waals surface area (Å²) in [4.78, 5) is 16.9. The van der Waals surface area contributed by atoms with E-state index < -0.39 is 0 Å². The van der Waals surface area contributed by atoms with E-state index in [-0.39, 0.29) is 11.1 Å². The number of nitrogens with zero attached hydrogens (tertiary/aromatic N) is 1. The topological polar surface area (TPSA) is 77.2 Å². The third kappa shape index (κ3) is 4.71. The highest BCUT2D eigenvalue weighted by Gasteiger charge is 2.08. The second-order valence-electron chi connectivity index (χ2n) is 4.22. The highest BCUT2D eigenvalue weighted by atomic mass is 32.2. The van der Waals surface area contributed by atoms with E-state index in [0.29, 0.717) is 12.2 Å². The molecule has 0 atom stereocenters. The van der Waals surface area contributed by atoms with Crippen molar-refractivity contribution in [3.8, 4) is 0 Å². The van der Waals surface area contributed by atoms with Crippen molar-refractivity contribution in [1.82, 2.24) is 4.98 Å². The minimum Gasteiger partial charge on any atom is -0.462 e. The van der Waals surface area contributed by atoms with E-state index in [1.807, 2.05) is 24.3 Å². The number of esters is 1. The lowest BCUT2D eigenvalue weighted by Crippen LogP contribution is -2.18. The van der Waals surface area contributed by atoms with Crippen LogP contribution in [0.25, 0.3) is 0 Å². The van der Waals surface area contributed by atoms with Crippen molar-refractivity contribution in [2.75, 3.05) is 11.9 Å². The number of ether oxygens (including phenoxy) is 1. The number of rotatable bonds is 5. The number of nitrogens with two attached hydrogens (primary N) is 1. The molecule has 0 aliphatic rings. The van der Waals surface area contributed by atoms with Crippen molar-refractivity contribution >= 4 is 40.7 Å². The molecule has 1 aromatic carbocycles. The highest BCUT2D eigenvalue weighted by molar-refractivity contribution is 7.99. The maximum atomic E-state index is 11.7. The first-order valence-corrected chi connectivity index (χ1v) is 7.78. The van der Waals surface area contributed by atoms with Crippen molar-refractivity contribution in [2.24, 2.45) is 5.73 Å². The molecule has 3 N–H and O–H groups in total. The molecule has 0 spiro atoms. The Labute approximate surface area is 138 Å². The lowest BCUT2D eigenvalue weighted by atomic mass is 10.3. The van der Waals surface area contributed by atoms with Crippen molar-refractivity contribution in [1.29, 1.82) is 0 Å². The molecule has 0 fully saturated rings. The highest BCUT2D eigenvalue weighted by Crippen LogP contribution is 2.27. The van der Waals surface area contributed by atoms with Gasteiger partial charge in [0.2, 0.25) is 0 Å². The van der Waals surface area contributed by atoms with E-state index in [4.69, 9.17) is 22.7 Å². The van der Waals surface area contributed by atoms with Gasteiger partial charge in [0, 0.05) is 16.8 Å². The average molecular weight is 333 g/mol. The molecule has 0 saturated carbocycles. The summed E-state index contributed by atoms with van der Waals surface area (Å²) in [6.45, 7) is 2.12. The molecule has 0 bridgehead atoms. The normalized spacial score (nSPS) is 10.0. The predicted octanol–water partition coefficient (Wildman–Crippen LogP) is 3.07. The molecule has 114 valence electrons. The van der Waals surface area contributed by atoms with Crippen LogP contribution in [-0.4, -0.2) is 22.7 Å². The minimum absolute atomic E-state index is 0.226. The van der Waals surface area contributed by atoms with E-state index in [2.05, 4.69) is 10.3 Å². The van der Waals surface area contributed by atoms with Gasteiger partial charge in [0.25, 0.3) is 0 Å². The van der Waals surface area contributed by atoms with Crippen LogP contribution in [0.5, 0.6) is 0 Å². The van der Waals surface area contributed by atoms with Crippen molar-refractivity contribution in [3.63, 3.8) is 0 Å². The third-order valence-electron chi connectivity index (χ3n) is 2.59. The number of thiocarbonyl (C=S) groups is 1. The largest absolute Gasteiger partial charge is 0.462 e. The first-order chi connectivity index (χ1) is 10.6. The SMILES string of the molecule is CCOC(=O)c1ccnc(Sc2ccc(NC(N)=S)cc2)c1. The molecule has 0 unspecified atom stereocenters. The van der Waals surface area contributed by atoms with Crippen LogP contribution in [0.1, 0.15) is 17.3 Å². The fraction of sp³-hybridized carbons (Fsp3) is 0.133. The van der Waals surface area contributed by atoms with Gasteiger partial charge in [0.1, 0.15) is 5.03 Å². The summed E-state index contributed by atoms with van der Waals surface area (Å²) in [7, 11) is 0. The van der Waals surface area contributed by atoms with Crippen molar-refractivity contribution < 1.29 is 9.53 Å². The third-order valence-corrected chi connectivity index (χ3v) is 3.63. The fourth-order valence-electron chi connectivity index (χ4n) is 1.68. The number of hydrogen-bond donors (Lipinski definition) is 2. The number of benzene rings is 1. The van der Waals surface area contributed by atoms with Gasteiger partial charge >= 0.3 is 5.97 Å². The van der Waals surface area contributed by atoms with Crippen LogP contribution < -0.4 is 11.1 Å². The van der Waals surface area contributed by atoms with E-state index in [0.717, 1.165) is 15.6 Å². The Bertz CT molecular complexity index is 675. The number of carbonyl (C=O) groups excluding carboxylic acids is 1. The number of anilines is 1. The quantitative estimate of drug-likeness (QED) is 0.643. The zero-order valence-corrected chi connectivity index (χ0v) is 13.5. The molecule has 5 nitrogen and oxygen atoms in total. The molecule has 0 aliphatic heterocycles. The summed E-state index contributed by atoms with van der Waals surface area (Å²) in [5.74, 6) is -0.345. The fourth-order valence-corrected chi connectivity index (χ4v) is 2.61. The van der Waals surface area contributed by atoms with Crippen LogP contribution in [0.2, 0.25) is 0 Å². The Kier molecular flexibility index (Phi) is 5.74. The molecule has 0 amide bonds. The summed E-state index contributed by atoms with van der Waals surface area (Å²) < 4.78 is 4.98. The summed E-state index contributed by atoms with van der Waals surface area (Å²) in [5, 5.41) is 3.81. The Morgan fingerprint density at radius 1 is 1.36 bits per heavy atom. The summed E-state index contributed by atoms with van der Waals surface area (Å²) in [6.07, 6.45) is 1.59. The first kappa shape index (κ1) is 16.3. The Morgan fingerprint density at radius 3 is 2.73 bits per heavy atom.